The van der Waals surface area contributed by atoms with Crippen molar-refractivity contribution in [3.05, 3.63) is 39.9 Å². The van der Waals surface area contributed by atoms with Crippen LogP contribution in [0.5, 0.6) is 0 Å². The average Bonchev–Trinajstić information content (AvgIpc) is 2.34. The number of nitrogens with one attached hydrogen (secondary N) is 3. The molecular formula is C8H8N6O3. The number of hydrogen-bond donors (Lipinski definition) is 3. The Morgan fingerprint density at radius 1 is 1.41 bits per heavy atom. The number of nitrogens with zero attached hydrogens (tertiary/aromatic N) is 3. The first-order valence-corrected chi connectivity index (χ1v) is 4.33. The van der Waals surface area contributed by atoms with E-state index in [9.17, 15) is 14.9 Å². The number of hydrazone groups is 1. The van der Waals surface area contributed by atoms with Crippen LogP contribution in [0.1, 0.15) is 10.4 Å². The summed E-state index contributed by atoms with van der Waals surface area (Å²) in [5.41, 5.74) is 10.8. The quantitative estimate of drug-likeness (QED) is 0.229. The summed E-state index contributed by atoms with van der Waals surface area (Å²) >= 11 is 0. The third kappa shape index (κ3) is 3.66. The topological polar surface area (TPSA) is 133 Å². The van der Waals surface area contributed by atoms with Gasteiger partial charge in [-0.1, -0.05) is 0 Å². The molecule has 0 saturated heterocycles. The van der Waals surface area contributed by atoms with E-state index in [0.717, 1.165) is 6.34 Å². The Morgan fingerprint density at radius 3 is 2.59 bits per heavy atom. The molecular weight excluding hydrogens is 228 g/mol. The van der Waals surface area contributed by atoms with Crippen molar-refractivity contribution in [1.29, 1.82) is 5.53 Å². The normalized spacial score (nSPS) is 9.88. The predicted octanol–water partition coefficient (Wildman–Crippen LogP) is 0.803. The molecule has 1 amide bonds. The third-order valence-corrected chi connectivity index (χ3v) is 1.69. The number of carbonyl (C=O) groups excluding carboxylic acids is 1. The standard InChI is InChI=1S/C8H8N6O3/c9-10-5-11-13-12-8(15)6-1-3-7(4-2-6)14(16)17/h1-5,9,13H,(H,12,15). The van der Waals surface area contributed by atoms with Crippen molar-refractivity contribution < 1.29 is 9.72 Å². The molecule has 0 aromatic heterocycles. The molecule has 1 aromatic carbocycles. The number of benzene rings is 1. The Kier molecular flexibility index (Phi) is 4.25. The fourth-order valence-corrected chi connectivity index (χ4v) is 0.947. The maximum Gasteiger partial charge on any atom is 0.270 e. The second-order valence-electron chi connectivity index (χ2n) is 2.74. The lowest BCUT2D eigenvalue weighted by Gasteiger charge is -2.02. The van der Waals surface area contributed by atoms with Crippen molar-refractivity contribution in [2.24, 2.45) is 10.2 Å². The summed E-state index contributed by atoms with van der Waals surface area (Å²) < 4.78 is 0. The fraction of sp³-hybridized carbons (Fsp3) is 0. The van der Waals surface area contributed by atoms with E-state index in [2.05, 4.69) is 21.2 Å². The van der Waals surface area contributed by atoms with E-state index in [1.54, 1.807) is 0 Å². The van der Waals surface area contributed by atoms with Gasteiger partial charge in [-0.25, -0.2) is 16.5 Å². The fourth-order valence-electron chi connectivity index (χ4n) is 0.947. The molecule has 1 rings (SSSR count). The van der Waals surface area contributed by atoms with Crippen molar-refractivity contribution >= 4 is 17.9 Å². The van der Waals surface area contributed by atoms with Gasteiger partial charge in [-0.05, 0) is 12.1 Å². The second kappa shape index (κ2) is 5.90. The van der Waals surface area contributed by atoms with Gasteiger partial charge in [0, 0.05) is 17.7 Å². The number of non-ortho nitro benzene ring substituents is 1. The van der Waals surface area contributed by atoms with Crippen LogP contribution >= 0.6 is 0 Å². The second-order valence-corrected chi connectivity index (χ2v) is 2.74. The zero-order chi connectivity index (χ0) is 12.7. The van der Waals surface area contributed by atoms with Crippen LogP contribution in [0.3, 0.4) is 0 Å². The molecule has 0 saturated carbocycles. The summed E-state index contributed by atoms with van der Waals surface area (Å²) in [6, 6.07) is 5.07. The maximum atomic E-state index is 11.4. The zero-order valence-electron chi connectivity index (χ0n) is 8.45. The lowest BCUT2D eigenvalue weighted by molar-refractivity contribution is -0.384. The summed E-state index contributed by atoms with van der Waals surface area (Å²) in [6.45, 7) is 0. The van der Waals surface area contributed by atoms with Gasteiger partial charge in [0.15, 0.2) is 6.34 Å². The molecule has 0 spiro atoms. The summed E-state index contributed by atoms with van der Waals surface area (Å²) in [7, 11) is 0. The van der Waals surface area contributed by atoms with Gasteiger partial charge in [0.2, 0.25) is 0 Å². The van der Waals surface area contributed by atoms with Gasteiger partial charge in [0.1, 0.15) is 0 Å². The van der Waals surface area contributed by atoms with E-state index in [0.29, 0.717) is 0 Å². The monoisotopic (exact) mass is 236 g/mol. The van der Waals surface area contributed by atoms with Gasteiger partial charge in [-0.2, -0.15) is 0 Å². The van der Waals surface area contributed by atoms with Crippen molar-refractivity contribution in [2.75, 3.05) is 0 Å². The highest BCUT2D eigenvalue weighted by atomic mass is 16.6. The highest BCUT2D eigenvalue weighted by Crippen LogP contribution is 2.11. The number of amides is 1. The molecule has 0 atom stereocenters. The van der Waals surface area contributed by atoms with E-state index in [1.165, 1.54) is 24.3 Å². The lowest BCUT2D eigenvalue weighted by Crippen LogP contribution is -2.33. The minimum absolute atomic E-state index is 0.0967. The highest BCUT2D eigenvalue weighted by molar-refractivity contribution is 5.94. The molecule has 1 aromatic rings. The number of hydrazine groups is 1. The van der Waals surface area contributed by atoms with E-state index >= 15 is 0 Å². The van der Waals surface area contributed by atoms with Gasteiger partial charge in [-0.15, -0.1) is 10.2 Å². The first-order chi connectivity index (χ1) is 8.15. The van der Waals surface area contributed by atoms with Gasteiger partial charge in [0.25, 0.3) is 11.6 Å². The molecule has 0 heterocycles. The summed E-state index contributed by atoms with van der Waals surface area (Å²) in [4.78, 5) is 21.2. The summed E-state index contributed by atoms with van der Waals surface area (Å²) in [5, 5.41) is 16.5. The average molecular weight is 236 g/mol. The van der Waals surface area contributed by atoms with Crippen molar-refractivity contribution in [2.45, 2.75) is 0 Å². The molecule has 9 nitrogen and oxygen atoms in total. The summed E-state index contributed by atoms with van der Waals surface area (Å²) in [6.07, 6.45) is 0.885. The van der Waals surface area contributed by atoms with E-state index in [4.69, 9.17) is 5.53 Å². The molecule has 0 bridgehead atoms. The lowest BCUT2D eigenvalue weighted by atomic mass is 10.2. The smallest absolute Gasteiger partial charge is 0.267 e. The van der Waals surface area contributed by atoms with Crippen LogP contribution in [0.15, 0.2) is 34.5 Å². The predicted molar refractivity (Wildman–Crippen MR) is 57.3 cm³/mol. The van der Waals surface area contributed by atoms with Crippen LogP contribution in [-0.2, 0) is 0 Å². The van der Waals surface area contributed by atoms with E-state index in [-0.39, 0.29) is 11.3 Å². The minimum atomic E-state index is -0.556. The Hall–Kier alpha value is -2.84. The Bertz CT molecular complexity index is 455. The van der Waals surface area contributed by atoms with Gasteiger partial charge in [-0.3, -0.25) is 14.9 Å². The largest absolute Gasteiger partial charge is 0.270 e. The van der Waals surface area contributed by atoms with E-state index < -0.39 is 10.8 Å². The van der Waals surface area contributed by atoms with Crippen LogP contribution < -0.4 is 11.0 Å². The molecule has 0 aliphatic carbocycles. The van der Waals surface area contributed by atoms with Crippen molar-refractivity contribution in [3.63, 3.8) is 0 Å². The molecule has 0 radical (unpaired) electrons. The number of nitro benzene ring substituents is 1. The Morgan fingerprint density at radius 2 is 2.06 bits per heavy atom. The molecule has 88 valence electrons. The van der Waals surface area contributed by atoms with Crippen LogP contribution in [0.4, 0.5) is 5.69 Å². The number of hydrogen-bond acceptors (Lipinski definition) is 6. The first-order valence-electron chi connectivity index (χ1n) is 4.33. The molecule has 0 unspecified atom stereocenters. The highest BCUT2D eigenvalue weighted by Gasteiger charge is 2.08. The van der Waals surface area contributed by atoms with E-state index in [1.807, 2.05) is 0 Å². The SMILES string of the molecule is N=NC=NNNC(=O)c1ccc([N+](=O)[O-])cc1. The molecule has 9 heteroatoms. The van der Waals surface area contributed by atoms with Gasteiger partial charge >= 0.3 is 0 Å². The molecule has 0 fully saturated rings. The van der Waals surface area contributed by atoms with Crippen molar-refractivity contribution in [3.8, 4) is 0 Å². The number of nitro groups is 1. The first kappa shape index (κ1) is 12.2. The molecule has 0 aliphatic rings. The van der Waals surface area contributed by atoms with Gasteiger partial charge in [0.05, 0.1) is 4.92 Å². The summed E-state index contributed by atoms with van der Waals surface area (Å²) in [5.74, 6) is -0.512. The molecule has 3 N–H and O–H groups in total. The number of rotatable bonds is 5. The zero-order valence-corrected chi connectivity index (χ0v) is 8.45. The van der Waals surface area contributed by atoms with Crippen LogP contribution in [0.2, 0.25) is 0 Å². The number of carbonyl (C=O) groups is 1. The van der Waals surface area contributed by atoms with Crippen LogP contribution in [0.25, 0.3) is 0 Å². The maximum absolute atomic E-state index is 11.4. The van der Waals surface area contributed by atoms with Gasteiger partial charge < -0.3 is 0 Å². The minimum Gasteiger partial charge on any atom is -0.267 e. The van der Waals surface area contributed by atoms with Crippen molar-refractivity contribution in [1.82, 2.24) is 11.0 Å². The molecule has 0 aliphatic heterocycles. The third-order valence-electron chi connectivity index (χ3n) is 1.69. The Balaban J connectivity index is 2.60. The van der Waals surface area contributed by atoms with Crippen LogP contribution in [-0.4, -0.2) is 17.2 Å². The molecule has 17 heavy (non-hydrogen) atoms. The van der Waals surface area contributed by atoms with Crippen LogP contribution in [0, 0.1) is 15.6 Å². The Labute approximate surface area is 95.1 Å².